The number of aliphatic hydroxyl groups is 1. The molecule has 4 nitrogen and oxygen atoms in total. The van der Waals surface area contributed by atoms with E-state index in [1.807, 2.05) is 0 Å². The van der Waals surface area contributed by atoms with Gasteiger partial charge in [0.1, 0.15) is 5.82 Å². The summed E-state index contributed by atoms with van der Waals surface area (Å²) in [4.78, 5) is -0.133. The highest BCUT2D eigenvalue weighted by Crippen LogP contribution is 2.26. The molecule has 0 amide bonds. The van der Waals surface area contributed by atoms with Crippen LogP contribution in [0.2, 0.25) is 5.02 Å². The maximum Gasteiger partial charge on any atom is 0.264 e. The molecule has 0 aliphatic rings. The number of aliphatic hydroxyl groups excluding tert-OH is 1. The molecule has 7 heteroatoms. The maximum atomic E-state index is 13.2. The fourth-order valence-electron chi connectivity index (χ4n) is 1.84. The third-order valence-corrected chi connectivity index (χ3v) is 4.94. The highest BCUT2D eigenvalue weighted by molar-refractivity contribution is 7.92. The van der Waals surface area contributed by atoms with Gasteiger partial charge in [-0.3, -0.25) is 4.31 Å². The van der Waals surface area contributed by atoms with Crippen LogP contribution in [-0.4, -0.2) is 26.7 Å². The standard InChI is InChI=1S/C14H13ClFNO3S/c15-13-10-12(6-7-14(13)16)21(19,20)17(8-9-18)11-4-2-1-3-5-11/h1-7,10,18H,8-9H2. The van der Waals surface area contributed by atoms with E-state index >= 15 is 0 Å². The second-order valence-electron chi connectivity index (χ2n) is 4.21. The molecule has 2 rings (SSSR count). The van der Waals surface area contributed by atoms with Crippen molar-refractivity contribution in [3.63, 3.8) is 0 Å². The molecule has 0 heterocycles. The zero-order valence-electron chi connectivity index (χ0n) is 10.9. The number of sulfonamides is 1. The van der Waals surface area contributed by atoms with E-state index in [4.69, 9.17) is 16.7 Å². The Morgan fingerprint density at radius 1 is 1.14 bits per heavy atom. The van der Waals surface area contributed by atoms with E-state index in [0.29, 0.717) is 5.69 Å². The van der Waals surface area contributed by atoms with E-state index in [1.165, 1.54) is 0 Å². The summed E-state index contributed by atoms with van der Waals surface area (Å²) in [6.07, 6.45) is 0. The van der Waals surface area contributed by atoms with E-state index in [2.05, 4.69) is 0 Å². The van der Waals surface area contributed by atoms with Gasteiger partial charge in [0.2, 0.25) is 0 Å². The number of hydrogen-bond acceptors (Lipinski definition) is 3. The average molecular weight is 330 g/mol. The van der Waals surface area contributed by atoms with Crippen molar-refractivity contribution in [2.45, 2.75) is 4.90 Å². The largest absolute Gasteiger partial charge is 0.394 e. The summed E-state index contributed by atoms with van der Waals surface area (Å²) in [7, 11) is -3.93. The van der Waals surface area contributed by atoms with Gasteiger partial charge in [-0.2, -0.15) is 0 Å². The van der Waals surface area contributed by atoms with Gasteiger partial charge in [0, 0.05) is 0 Å². The molecule has 21 heavy (non-hydrogen) atoms. The molecule has 112 valence electrons. The molecule has 2 aromatic rings. The number of halogens is 2. The molecule has 0 aliphatic carbocycles. The summed E-state index contributed by atoms with van der Waals surface area (Å²) in [5.74, 6) is -0.691. The molecule has 0 aliphatic heterocycles. The van der Waals surface area contributed by atoms with Crippen LogP contribution in [-0.2, 0) is 10.0 Å². The van der Waals surface area contributed by atoms with Crippen LogP contribution in [0.1, 0.15) is 0 Å². The minimum Gasteiger partial charge on any atom is -0.394 e. The number of benzene rings is 2. The number of hydrogen-bond donors (Lipinski definition) is 1. The Morgan fingerprint density at radius 2 is 1.81 bits per heavy atom. The minimum absolute atomic E-state index is 0.110. The molecule has 0 atom stereocenters. The molecule has 0 bridgehead atoms. The van der Waals surface area contributed by atoms with E-state index in [-0.39, 0.29) is 23.1 Å². The predicted octanol–water partition coefficient (Wildman–Crippen LogP) is 2.67. The lowest BCUT2D eigenvalue weighted by Crippen LogP contribution is -2.33. The molecule has 0 spiro atoms. The van der Waals surface area contributed by atoms with Crippen LogP contribution in [0.3, 0.4) is 0 Å². The summed E-state index contributed by atoms with van der Waals surface area (Å²) in [6, 6.07) is 11.5. The molecule has 2 aromatic carbocycles. The lowest BCUT2D eigenvalue weighted by Gasteiger charge is -2.23. The van der Waals surface area contributed by atoms with Gasteiger partial charge in [-0.1, -0.05) is 29.8 Å². The van der Waals surface area contributed by atoms with Gasteiger partial charge in [-0.15, -0.1) is 0 Å². The molecule has 1 N–H and O–H groups in total. The maximum absolute atomic E-state index is 13.2. The van der Waals surface area contributed by atoms with Crippen LogP contribution in [0, 0.1) is 5.82 Å². The zero-order valence-corrected chi connectivity index (χ0v) is 12.5. The van der Waals surface area contributed by atoms with Crippen molar-refractivity contribution in [1.82, 2.24) is 0 Å². The lowest BCUT2D eigenvalue weighted by atomic mass is 10.3. The van der Waals surface area contributed by atoms with Crippen LogP contribution >= 0.6 is 11.6 Å². The Balaban J connectivity index is 2.50. The van der Waals surface area contributed by atoms with Crippen LogP contribution in [0.5, 0.6) is 0 Å². The number of nitrogens with zero attached hydrogens (tertiary/aromatic N) is 1. The van der Waals surface area contributed by atoms with Gasteiger partial charge >= 0.3 is 0 Å². The highest BCUT2D eigenvalue weighted by Gasteiger charge is 2.25. The lowest BCUT2D eigenvalue weighted by molar-refractivity contribution is 0.306. The van der Waals surface area contributed by atoms with Gasteiger partial charge < -0.3 is 5.11 Å². The highest BCUT2D eigenvalue weighted by atomic mass is 35.5. The van der Waals surface area contributed by atoms with Crippen LogP contribution in [0.4, 0.5) is 10.1 Å². The first-order chi connectivity index (χ1) is 9.96. The van der Waals surface area contributed by atoms with Gasteiger partial charge in [-0.25, -0.2) is 12.8 Å². The summed E-state index contributed by atoms with van der Waals surface area (Å²) < 4.78 is 39.5. The fourth-order valence-corrected chi connectivity index (χ4v) is 3.57. The monoisotopic (exact) mass is 329 g/mol. The molecule has 0 unspecified atom stereocenters. The summed E-state index contributed by atoms with van der Waals surface area (Å²) in [5, 5.41) is 8.84. The first-order valence-corrected chi connectivity index (χ1v) is 7.92. The van der Waals surface area contributed by atoms with E-state index in [0.717, 1.165) is 22.5 Å². The summed E-state index contributed by atoms with van der Waals surface area (Å²) in [6.45, 7) is -0.454. The second-order valence-corrected chi connectivity index (χ2v) is 6.48. The molecular weight excluding hydrogens is 317 g/mol. The zero-order chi connectivity index (χ0) is 15.5. The summed E-state index contributed by atoms with van der Waals surface area (Å²) in [5.41, 5.74) is 0.409. The van der Waals surface area contributed by atoms with Crippen LogP contribution in [0.25, 0.3) is 0 Å². The number of rotatable bonds is 5. The van der Waals surface area contributed by atoms with Gasteiger partial charge in [-0.05, 0) is 30.3 Å². The first-order valence-electron chi connectivity index (χ1n) is 6.10. The van der Waals surface area contributed by atoms with Gasteiger partial charge in [0.25, 0.3) is 10.0 Å². The van der Waals surface area contributed by atoms with Crippen LogP contribution < -0.4 is 4.31 Å². The average Bonchev–Trinajstić information content (AvgIpc) is 2.48. The van der Waals surface area contributed by atoms with Crippen molar-refractivity contribution in [2.75, 3.05) is 17.5 Å². The molecule has 0 aromatic heterocycles. The minimum atomic E-state index is -3.93. The third kappa shape index (κ3) is 3.34. The quantitative estimate of drug-likeness (QED) is 0.917. The summed E-state index contributed by atoms with van der Waals surface area (Å²) >= 11 is 5.64. The van der Waals surface area contributed by atoms with Crippen molar-refractivity contribution < 1.29 is 17.9 Å². The molecule has 0 radical (unpaired) electrons. The smallest absolute Gasteiger partial charge is 0.264 e. The van der Waals surface area contributed by atoms with E-state index < -0.39 is 15.8 Å². The van der Waals surface area contributed by atoms with Crippen molar-refractivity contribution in [1.29, 1.82) is 0 Å². The number of para-hydroxylation sites is 1. The Bertz CT molecular complexity index is 722. The second kappa shape index (κ2) is 6.43. The van der Waals surface area contributed by atoms with Crippen molar-refractivity contribution in [3.8, 4) is 0 Å². The van der Waals surface area contributed by atoms with Gasteiger partial charge in [0.15, 0.2) is 0 Å². The van der Waals surface area contributed by atoms with E-state index in [1.54, 1.807) is 30.3 Å². The SMILES string of the molecule is O=S(=O)(c1ccc(F)c(Cl)c1)N(CCO)c1ccccc1. The third-order valence-electron chi connectivity index (χ3n) is 2.83. The Labute approximate surface area is 127 Å². The first kappa shape index (κ1) is 15.8. The molecule has 0 saturated heterocycles. The van der Waals surface area contributed by atoms with Crippen molar-refractivity contribution >= 4 is 27.3 Å². The van der Waals surface area contributed by atoms with E-state index in [9.17, 15) is 12.8 Å². The van der Waals surface area contributed by atoms with Crippen LogP contribution in [0.15, 0.2) is 53.4 Å². The predicted molar refractivity (Wildman–Crippen MR) is 79.5 cm³/mol. The Kier molecular flexibility index (Phi) is 4.82. The Morgan fingerprint density at radius 3 is 2.38 bits per heavy atom. The topological polar surface area (TPSA) is 57.6 Å². The fraction of sp³-hybridized carbons (Fsp3) is 0.143. The normalized spacial score (nSPS) is 11.4. The van der Waals surface area contributed by atoms with Crippen molar-refractivity contribution in [2.24, 2.45) is 0 Å². The molecule has 0 fully saturated rings. The van der Waals surface area contributed by atoms with Gasteiger partial charge in [0.05, 0.1) is 28.8 Å². The Hall–Kier alpha value is -1.63. The van der Waals surface area contributed by atoms with Crippen molar-refractivity contribution in [3.05, 3.63) is 59.4 Å². The molecule has 0 saturated carbocycles. The molecular formula is C14H13ClFNO3S. The number of anilines is 1.